The van der Waals surface area contributed by atoms with Crippen LogP contribution >= 0.6 is 0 Å². The van der Waals surface area contributed by atoms with Gasteiger partial charge < -0.3 is 29.6 Å². The number of benzene rings is 3. The molecule has 1 atom stereocenters. The second-order valence-electron chi connectivity index (χ2n) is 18.3. The summed E-state index contributed by atoms with van der Waals surface area (Å²) in [4.78, 5) is 88.6. The molecule has 4 aliphatic heterocycles. The van der Waals surface area contributed by atoms with Crippen molar-refractivity contribution in [3.05, 3.63) is 116 Å². The number of nitrogens with zero attached hydrogens (tertiary/aromatic N) is 4. The van der Waals surface area contributed by atoms with E-state index in [0.717, 1.165) is 130 Å². The molecule has 3 saturated heterocycles. The minimum absolute atomic E-state index is 0.0694. The number of hydrogen-bond donors (Lipinski definition) is 3. The number of carbonyl (C=O) groups excluding carboxylic acids is 5. The molecule has 3 N–H and O–H groups in total. The van der Waals surface area contributed by atoms with Crippen molar-refractivity contribution < 1.29 is 33.4 Å². The van der Waals surface area contributed by atoms with E-state index < -0.39 is 29.7 Å². The first-order chi connectivity index (χ1) is 32.4. The molecule has 0 spiro atoms. The van der Waals surface area contributed by atoms with Gasteiger partial charge in [0.2, 0.25) is 11.8 Å². The van der Waals surface area contributed by atoms with Crippen molar-refractivity contribution in [3.63, 3.8) is 0 Å². The minimum Gasteiger partial charge on any atom is -0.493 e. The van der Waals surface area contributed by atoms with Gasteiger partial charge in [-0.3, -0.25) is 43.9 Å². The van der Waals surface area contributed by atoms with Crippen LogP contribution in [0.1, 0.15) is 111 Å². The van der Waals surface area contributed by atoms with Crippen LogP contribution in [-0.4, -0.2) is 120 Å². The van der Waals surface area contributed by atoms with Crippen LogP contribution < -0.4 is 25.8 Å². The number of piperazine rings is 1. The topological polar surface area (TPSA) is 174 Å². The number of piperidine rings is 1. The largest absolute Gasteiger partial charge is 0.493 e. The summed E-state index contributed by atoms with van der Waals surface area (Å²) in [5.41, 5.74) is 8.21. The summed E-state index contributed by atoms with van der Waals surface area (Å²) in [7, 11) is 0. The van der Waals surface area contributed by atoms with Gasteiger partial charge in [-0.1, -0.05) is 30.3 Å². The summed E-state index contributed by atoms with van der Waals surface area (Å²) in [6, 6.07) is 19.1. The quantitative estimate of drug-likeness (QED) is 0.0881. The molecule has 67 heavy (non-hydrogen) atoms. The zero-order chi connectivity index (χ0) is 47.2. The minimum atomic E-state index is -1.01. The number of nitrogens with one attached hydrogen (secondary N) is 3. The Morgan fingerprint density at radius 3 is 2.31 bits per heavy atom. The van der Waals surface area contributed by atoms with E-state index in [1.54, 1.807) is 18.2 Å². The summed E-state index contributed by atoms with van der Waals surface area (Å²) >= 11 is 0. The smallest absolute Gasteiger partial charge is 0.266 e. The Bertz CT molecular complexity index is 2560. The van der Waals surface area contributed by atoms with Crippen molar-refractivity contribution in [2.45, 2.75) is 97.8 Å². The molecule has 1 unspecified atom stereocenters. The Morgan fingerprint density at radius 2 is 1.60 bits per heavy atom. The van der Waals surface area contributed by atoms with Crippen LogP contribution in [0.5, 0.6) is 5.75 Å². The number of aryl methyl sites for hydroxylation is 2. The van der Waals surface area contributed by atoms with Crippen LogP contribution in [0, 0.1) is 20.8 Å². The number of unbranched alkanes of at least 4 members (excludes halogenated alkanes) is 2. The highest BCUT2D eigenvalue weighted by Crippen LogP contribution is 2.36. The van der Waals surface area contributed by atoms with Gasteiger partial charge in [-0.25, -0.2) is 0 Å². The number of imide groups is 2. The van der Waals surface area contributed by atoms with Crippen molar-refractivity contribution in [3.8, 4) is 16.9 Å². The molecule has 1 aromatic heterocycles. The molecule has 4 aliphatic rings. The van der Waals surface area contributed by atoms with Gasteiger partial charge in [0.15, 0.2) is 0 Å². The summed E-state index contributed by atoms with van der Waals surface area (Å²) in [5.74, 6) is -2.02. The molecule has 15 heteroatoms. The van der Waals surface area contributed by atoms with Crippen LogP contribution in [0.15, 0.2) is 65.5 Å². The van der Waals surface area contributed by atoms with Crippen LogP contribution in [0.4, 0.5) is 5.69 Å². The summed E-state index contributed by atoms with van der Waals surface area (Å²) in [5, 5.41) is 5.29. The molecule has 0 bridgehead atoms. The van der Waals surface area contributed by atoms with Gasteiger partial charge in [0.05, 0.1) is 17.7 Å². The molecule has 5 amide bonds. The Balaban J connectivity index is 0.825. The van der Waals surface area contributed by atoms with E-state index >= 15 is 0 Å². The lowest BCUT2D eigenvalue weighted by atomic mass is 9.94. The maximum absolute atomic E-state index is 14.0. The molecule has 0 radical (unpaired) electrons. The fraction of sp³-hybridized carbons (Fsp3) is 0.462. The average molecular weight is 914 g/mol. The van der Waals surface area contributed by atoms with Crippen molar-refractivity contribution in [2.75, 3.05) is 64.0 Å². The van der Waals surface area contributed by atoms with E-state index in [9.17, 15) is 28.8 Å². The number of amides is 5. The maximum atomic E-state index is 14.0. The number of carbonyl (C=O) groups is 5. The van der Waals surface area contributed by atoms with Gasteiger partial charge in [-0.05, 0) is 131 Å². The van der Waals surface area contributed by atoms with Gasteiger partial charge >= 0.3 is 0 Å². The highest BCUT2D eigenvalue weighted by atomic mass is 16.5. The number of ether oxygens (including phenoxy) is 2. The normalized spacial score (nSPS) is 18.3. The van der Waals surface area contributed by atoms with E-state index in [-0.39, 0.29) is 42.0 Å². The molecule has 3 aromatic carbocycles. The molecular weight excluding hydrogens is 851 g/mol. The van der Waals surface area contributed by atoms with E-state index in [0.29, 0.717) is 29.5 Å². The van der Waals surface area contributed by atoms with Gasteiger partial charge in [-0.2, -0.15) is 0 Å². The van der Waals surface area contributed by atoms with Gasteiger partial charge in [0.1, 0.15) is 11.8 Å². The number of rotatable bonds is 17. The number of H-pyrrole nitrogens is 1. The highest BCUT2D eigenvalue weighted by Gasteiger charge is 2.46. The van der Waals surface area contributed by atoms with Gasteiger partial charge in [0.25, 0.3) is 23.3 Å². The first-order valence-electron chi connectivity index (χ1n) is 23.9. The highest BCUT2D eigenvalue weighted by molar-refractivity contribution is 6.24. The van der Waals surface area contributed by atoms with E-state index in [4.69, 9.17) is 9.47 Å². The molecule has 5 heterocycles. The molecular formula is C52H63N7O8. The Hall–Kier alpha value is -6.16. The van der Waals surface area contributed by atoms with Crippen LogP contribution in [-0.2, 0) is 27.4 Å². The van der Waals surface area contributed by atoms with Crippen molar-refractivity contribution >= 4 is 35.2 Å². The number of aromatic amines is 1. The number of aromatic nitrogens is 1. The van der Waals surface area contributed by atoms with E-state index in [1.807, 2.05) is 32.9 Å². The third-order valence-corrected chi connectivity index (χ3v) is 13.8. The fourth-order valence-corrected chi connectivity index (χ4v) is 10.0. The Morgan fingerprint density at radius 1 is 0.851 bits per heavy atom. The first-order valence-corrected chi connectivity index (χ1v) is 23.9. The van der Waals surface area contributed by atoms with E-state index in [1.165, 1.54) is 5.56 Å². The van der Waals surface area contributed by atoms with Gasteiger partial charge in [0, 0.05) is 94.0 Å². The second-order valence-corrected chi connectivity index (χ2v) is 18.3. The predicted octanol–water partition coefficient (Wildman–Crippen LogP) is 5.67. The lowest BCUT2D eigenvalue weighted by Gasteiger charge is -2.37. The summed E-state index contributed by atoms with van der Waals surface area (Å²) in [6.07, 6.45) is 4.79. The van der Waals surface area contributed by atoms with Crippen LogP contribution in [0.2, 0.25) is 0 Å². The Labute approximate surface area is 392 Å². The standard InChI is InChI=1S/C52H63N7O8/c1-5-58(39-18-26-66-27-19-39)44-30-38(29-41(35(44)4)48(61)53-31-42-33(2)28-34(3)54-49(42)62)37-14-12-36(13-15-37)32-57-23-21-56(22-24-57)20-7-6-8-25-67-45-11-9-10-40-47(45)52(65)59(51(40)64)43-16-17-46(60)55-50(43)63/h9-15,28-30,39,43H,5-8,16-27,31-32H2,1-4H3,(H,53,61)(H,54,62)(H,55,60,63). The summed E-state index contributed by atoms with van der Waals surface area (Å²) in [6.45, 7) is 16.5. The van der Waals surface area contributed by atoms with Crippen LogP contribution in [0.25, 0.3) is 11.1 Å². The molecule has 3 fully saturated rings. The van der Waals surface area contributed by atoms with Crippen molar-refractivity contribution in [1.29, 1.82) is 0 Å². The lowest BCUT2D eigenvalue weighted by Crippen LogP contribution is -2.54. The third-order valence-electron chi connectivity index (χ3n) is 13.8. The monoisotopic (exact) mass is 913 g/mol. The first kappa shape index (κ1) is 47.3. The molecule has 8 rings (SSSR count). The zero-order valence-corrected chi connectivity index (χ0v) is 39.2. The number of hydrogen-bond acceptors (Lipinski definition) is 11. The molecule has 354 valence electrons. The fourth-order valence-electron chi connectivity index (χ4n) is 10.0. The van der Waals surface area contributed by atoms with Crippen molar-refractivity contribution in [1.82, 2.24) is 30.3 Å². The van der Waals surface area contributed by atoms with Crippen molar-refractivity contribution in [2.24, 2.45) is 0 Å². The predicted molar refractivity (Wildman–Crippen MR) is 255 cm³/mol. The number of pyridine rings is 1. The number of fused-ring (bicyclic) bond motifs is 1. The van der Waals surface area contributed by atoms with Crippen LogP contribution in [0.3, 0.4) is 0 Å². The molecule has 4 aromatic rings. The molecule has 0 saturated carbocycles. The third kappa shape index (κ3) is 10.7. The Kier molecular flexibility index (Phi) is 15.0. The molecule has 0 aliphatic carbocycles. The maximum Gasteiger partial charge on any atom is 0.266 e. The van der Waals surface area contributed by atoms with E-state index in [2.05, 4.69) is 67.6 Å². The second kappa shape index (κ2) is 21.2. The zero-order valence-electron chi connectivity index (χ0n) is 39.2. The molecule has 15 nitrogen and oxygen atoms in total. The lowest BCUT2D eigenvalue weighted by molar-refractivity contribution is -0.136. The average Bonchev–Trinajstić information content (AvgIpc) is 3.57. The van der Waals surface area contributed by atoms with Gasteiger partial charge in [-0.15, -0.1) is 0 Å². The summed E-state index contributed by atoms with van der Waals surface area (Å²) < 4.78 is 11.7. The SMILES string of the molecule is CCN(c1cc(-c2ccc(CN3CCN(CCCCCOc4cccc5c4C(=O)N(C4CCC(=O)NC4=O)C5=O)CC3)cc2)cc(C(=O)NCc2c(C)cc(C)[nH]c2=O)c1C)C1CCOCC1. The number of anilines is 1.